The first-order chi connectivity index (χ1) is 22.9. The predicted molar refractivity (Wildman–Crippen MR) is 192 cm³/mol. The van der Waals surface area contributed by atoms with Crippen molar-refractivity contribution in [1.82, 2.24) is 10.2 Å². The molecule has 0 aliphatic rings. The number of carbonyl (C=O) groups is 2. The van der Waals surface area contributed by atoms with Gasteiger partial charge in [0, 0.05) is 19.0 Å². The van der Waals surface area contributed by atoms with E-state index in [1.165, 1.54) is 4.90 Å². The van der Waals surface area contributed by atoms with Crippen LogP contribution in [0.1, 0.15) is 62.3 Å². The Balaban J connectivity index is 1.83. The number of carbonyl (C=O) groups excluding carboxylic acids is 2. The van der Waals surface area contributed by atoms with Crippen LogP contribution in [0.4, 0.5) is 5.69 Å². The highest BCUT2D eigenvalue weighted by Gasteiger charge is 2.35. The smallest absolute Gasteiger partial charge is 0.264 e. The second-order valence-electron chi connectivity index (χ2n) is 12.5. The molecule has 0 saturated carbocycles. The van der Waals surface area contributed by atoms with Gasteiger partial charge in [-0.15, -0.1) is 0 Å². The average molecular weight is 670 g/mol. The topological polar surface area (TPSA) is 96.0 Å². The van der Waals surface area contributed by atoms with E-state index in [-0.39, 0.29) is 35.7 Å². The van der Waals surface area contributed by atoms with Crippen molar-refractivity contribution < 1.29 is 22.7 Å². The maximum Gasteiger partial charge on any atom is 0.264 e. The van der Waals surface area contributed by atoms with Crippen molar-refractivity contribution in [3.05, 3.63) is 125 Å². The zero-order chi connectivity index (χ0) is 34.8. The number of aryl methyl sites for hydroxylation is 1. The van der Waals surface area contributed by atoms with Gasteiger partial charge in [0.15, 0.2) is 0 Å². The zero-order valence-corrected chi connectivity index (χ0v) is 29.5. The predicted octanol–water partition coefficient (Wildman–Crippen LogP) is 6.88. The van der Waals surface area contributed by atoms with Gasteiger partial charge < -0.3 is 15.0 Å². The molecule has 0 aliphatic carbocycles. The summed E-state index contributed by atoms with van der Waals surface area (Å²) in [7, 11) is -2.61. The minimum atomic E-state index is -4.18. The van der Waals surface area contributed by atoms with Gasteiger partial charge >= 0.3 is 0 Å². The maximum atomic E-state index is 14.7. The number of rotatable bonds is 15. The number of ether oxygens (including phenoxy) is 1. The van der Waals surface area contributed by atoms with Crippen LogP contribution in [0.25, 0.3) is 0 Å². The Morgan fingerprint density at radius 3 is 2.08 bits per heavy atom. The van der Waals surface area contributed by atoms with Crippen LogP contribution in [0.3, 0.4) is 0 Å². The summed E-state index contributed by atoms with van der Waals surface area (Å²) in [6, 6.07) is 29.6. The molecule has 4 rings (SSSR count). The number of methoxy groups -OCH3 is 1. The van der Waals surface area contributed by atoms with E-state index in [9.17, 15) is 18.0 Å². The van der Waals surface area contributed by atoms with Crippen molar-refractivity contribution in [2.75, 3.05) is 18.0 Å². The van der Waals surface area contributed by atoms with Gasteiger partial charge in [-0.1, -0.05) is 93.1 Å². The van der Waals surface area contributed by atoms with E-state index in [0.717, 1.165) is 26.6 Å². The van der Waals surface area contributed by atoms with Crippen molar-refractivity contribution in [2.45, 2.75) is 76.9 Å². The number of hydrogen-bond donors (Lipinski definition) is 1. The summed E-state index contributed by atoms with van der Waals surface area (Å²) in [5.74, 6) is 0.0293. The SMILES string of the molecule is CC[C@@H](C)NC(=O)[C@H](Cc1ccccc1)N(Cc1cccc(OC)c1)C(=O)CN(c1ccc(C(C)C)cc1)S(=O)(=O)c1ccc(C)cc1. The fourth-order valence-electron chi connectivity index (χ4n) is 5.35. The third kappa shape index (κ3) is 9.25. The molecule has 48 heavy (non-hydrogen) atoms. The Labute approximate surface area is 285 Å². The highest BCUT2D eigenvalue weighted by Crippen LogP contribution is 2.27. The minimum Gasteiger partial charge on any atom is -0.497 e. The van der Waals surface area contributed by atoms with Crippen LogP contribution >= 0.6 is 0 Å². The molecule has 0 unspecified atom stereocenters. The van der Waals surface area contributed by atoms with Gasteiger partial charge in [-0.05, 0) is 79.3 Å². The molecule has 4 aromatic carbocycles. The van der Waals surface area contributed by atoms with Crippen molar-refractivity contribution in [3.8, 4) is 5.75 Å². The average Bonchev–Trinajstić information content (AvgIpc) is 3.09. The Bertz CT molecular complexity index is 1760. The Kier molecular flexibility index (Phi) is 12.4. The Hall–Kier alpha value is -4.63. The number of benzene rings is 4. The van der Waals surface area contributed by atoms with E-state index in [0.29, 0.717) is 17.9 Å². The highest BCUT2D eigenvalue weighted by molar-refractivity contribution is 7.92. The third-order valence-corrected chi connectivity index (χ3v) is 10.3. The standard InChI is InChI=1S/C39H47N3O5S/c1-7-30(5)40-39(44)37(25-31-12-9-8-10-13-31)41(26-32-14-11-15-35(24-32)47-6)38(43)27-42(34-20-18-33(19-21-34)28(2)3)48(45,46)36-22-16-29(4)17-23-36/h8-24,28,30,37H,7,25-27H2,1-6H3,(H,40,44)/t30-,37+/m1/s1. The molecule has 9 heteroatoms. The van der Waals surface area contributed by atoms with Crippen LogP contribution < -0.4 is 14.4 Å². The van der Waals surface area contributed by atoms with E-state index in [1.54, 1.807) is 43.5 Å². The molecule has 0 bridgehead atoms. The molecule has 0 heterocycles. The molecule has 2 atom stereocenters. The molecule has 0 spiro atoms. The normalized spacial score (nSPS) is 12.6. The van der Waals surface area contributed by atoms with Crippen LogP contribution in [0, 0.1) is 6.92 Å². The molecular formula is C39H47N3O5S. The summed E-state index contributed by atoms with van der Waals surface area (Å²) in [6.45, 7) is 9.46. The molecular weight excluding hydrogens is 623 g/mol. The lowest BCUT2D eigenvalue weighted by Gasteiger charge is -2.34. The fourth-order valence-corrected chi connectivity index (χ4v) is 6.77. The minimum absolute atomic E-state index is 0.0617. The quantitative estimate of drug-likeness (QED) is 0.149. The fraction of sp³-hybridized carbons (Fsp3) is 0.333. The van der Waals surface area contributed by atoms with Crippen LogP contribution in [0.5, 0.6) is 5.75 Å². The van der Waals surface area contributed by atoms with Crippen molar-refractivity contribution in [3.63, 3.8) is 0 Å². The van der Waals surface area contributed by atoms with Crippen LogP contribution in [0.2, 0.25) is 0 Å². The van der Waals surface area contributed by atoms with Crippen LogP contribution in [0.15, 0.2) is 108 Å². The summed E-state index contributed by atoms with van der Waals surface area (Å²) in [5, 5.41) is 3.07. The molecule has 0 fully saturated rings. The second kappa shape index (κ2) is 16.5. The number of nitrogens with zero attached hydrogens (tertiary/aromatic N) is 2. The monoisotopic (exact) mass is 669 g/mol. The van der Waals surface area contributed by atoms with Crippen molar-refractivity contribution in [2.24, 2.45) is 0 Å². The van der Waals surface area contributed by atoms with E-state index >= 15 is 0 Å². The largest absolute Gasteiger partial charge is 0.497 e. The maximum absolute atomic E-state index is 14.7. The summed E-state index contributed by atoms with van der Waals surface area (Å²) < 4.78 is 35.2. The van der Waals surface area contributed by atoms with Crippen LogP contribution in [-0.2, 0) is 32.6 Å². The molecule has 0 saturated heterocycles. The first-order valence-corrected chi connectivity index (χ1v) is 17.8. The summed E-state index contributed by atoms with van der Waals surface area (Å²) in [6.07, 6.45) is 0.954. The molecule has 4 aromatic rings. The van der Waals surface area contributed by atoms with E-state index in [4.69, 9.17) is 4.74 Å². The van der Waals surface area contributed by atoms with Gasteiger partial charge in [-0.2, -0.15) is 0 Å². The number of nitrogens with one attached hydrogen (secondary N) is 1. The van der Waals surface area contributed by atoms with Gasteiger partial charge in [-0.25, -0.2) is 8.42 Å². The number of hydrogen-bond acceptors (Lipinski definition) is 5. The lowest BCUT2D eigenvalue weighted by molar-refractivity contribution is -0.140. The Morgan fingerprint density at radius 2 is 1.48 bits per heavy atom. The van der Waals surface area contributed by atoms with Crippen molar-refractivity contribution in [1.29, 1.82) is 0 Å². The van der Waals surface area contributed by atoms with Crippen LogP contribution in [-0.4, -0.2) is 50.9 Å². The van der Waals surface area contributed by atoms with E-state index in [1.807, 2.05) is 87.5 Å². The van der Waals surface area contributed by atoms with Gasteiger partial charge in [0.25, 0.3) is 10.0 Å². The molecule has 254 valence electrons. The molecule has 2 amide bonds. The first kappa shape index (κ1) is 36.2. The molecule has 0 radical (unpaired) electrons. The molecule has 1 N–H and O–H groups in total. The highest BCUT2D eigenvalue weighted by atomic mass is 32.2. The number of anilines is 1. The second-order valence-corrected chi connectivity index (χ2v) is 14.3. The first-order valence-electron chi connectivity index (χ1n) is 16.4. The van der Waals surface area contributed by atoms with Gasteiger partial charge in [0.2, 0.25) is 11.8 Å². The molecule has 0 aromatic heterocycles. The third-order valence-electron chi connectivity index (χ3n) is 8.49. The Morgan fingerprint density at radius 1 is 0.833 bits per heavy atom. The van der Waals surface area contributed by atoms with E-state index < -0.39 is 28.5 Å². The summed E-state index contributed by atoms with van der Waals surface area (Å²) >= 11 is 0. The number of amides is 2. The van der Waals surface area contributed by atoms with Gasteiger partial charge in [0.1, 0.15) is 18.3 Å². The lowest BCUT2D eigenvalue weighted by atomic mass is 10.0. The molecule has 8 nitrogen and oxygen atoms in total. The molecule has 0 aliphatic heterocycles. The zero-order valence-electron chi connectivity index (χ0n) is 28.7. The van der Waals surface area contributed by atoms with Crippen molar-refractivity contribution >= 4 is 27.5 Å². The summed E-state index contributed by atoms with van der Waals surface area (Å²) in [5.41, 5.74) is 3.93. The number of sulfonamides is 1. The van der Waals surface area contributed by atoms with Gasteiger partial charge in [-0.3, -0.25) is 13.9 Å². The van der Waals surface area contributed by atoms with Gasteiger partial charge in [0.05, 0.1) is 17.7 Å². The summed E-state index contributed by atoms with van der Waals surface area (Å²) in [4.78, 5) is 30.3. The van der Waals surface area contributed by atoms with E-state index in [2.05, 4.69) is 19.2 Å². The lowest BCUT2D eigenvalue weighted by Crippen LogP contribution is -2.54.